The third kappa shape index (κ3) is 6.14. The summed E-state index contributed by atoms with van der Waals surface area (Å²) in [6.45, 7) is 13.1. The highest BCUT2D eigenvalue weighted by atomic mass is 16.6. The monoisotopic (exact) mass is 565 g/mol. The van der Waals surface area contributed by atoms with Gasteiger partial charge in [0.1, 0.15) is 12.2 Å². The van der Waals surface area contributed by atoms with Gasteiger partial charge in [-0.05, 0) is 79.6 Å². The fourth-order valence-corrected chi connectivity index (χ4v) is 5.88. The van der Waals surface area contributed by atoms with Gasteiger partial charge in [0.25, 0.3) is 0 Å². The Kier molecular flexibility index (Phi) is 8.29. The highest BCUT2D eigenvalue weighted by Crippen LogP contribution is 2.44. The van der Waals surface area contributed by atoms with Crippen LogP contribution in [0, 0.1) is 26.2 Å². The first-order valence-electron chi connectivity index (χ1n) is 14.5. The number of anilines is 1. The van der Waals surface area contributed by atoms with Crippen LogP contribution in [-0.2, 0) is 16.0 Å². The summed E-state index contributed by atoms with van der Waals surface area (Å²) in [5.74, 6) is 2.80. The summed E-state index contributed by atoms with van der Waals surface area (Å²) in [6, 6.07) is 18.5. The molecule has 0 bridgehead atoms. The van der Waals surface area contributed by atoms with Crippen LogP contribution in [0.4, 0.5) is 15.3 Å². The number of amides is 2. The highest BCUT2D eigenvalue weighted by molar-refractivity contribution is 5.87. The van der Waals surface area contributed by atoms with Crippen LogP contribution in [-0.4, -0.2) is 60.4 Å². The molecule has 1 fully saturated rings. The van der Waals surface area contributed by atoms with Gasteiger partial charge < -0.3 is 14.4 Å². The number of fused-ring (bicyclic) bond motifs is 3. The largest absolute Gasteiger partial charge is 0.448 e. The molecule has 1 aliphatic carbocycles. The predicted molar refractivity (Wildman–Crippen MR) is 166 cm³/mol. The number of hydrogen-bond acceptors (Lipinski definition) is 5. The molecule has 0 spiro atoms. The van der Waals surface area contributed by atoms with Crippen LogP contribution in [0.1, 0.15) is 60.1 Å². The smallest absolute Gasteiger partial charge is 0.411 e. The van der Waals surface area contributed by atoms with E-state index in [0.717, 1.165) is 22.3 Å². The molecule has 0 radical (unpaired) electrons. The molecule has 7 heteroatoms. The van der Waals surface area contributed by atoms with Gasteiger partial charge in [0, 0.05) is 49.9 Å². The van der Waals surface area contributed by atoms with E-state index in [1.54, 1.807) is 4.90 Å². The maximum absolute atomic E-state index is 13.1. The van der Waals surface area contributed by atoms with Crippen LogP contribution in [0.3, 0.4) is 0 Å². The lowest BCUT2D eigenvalue weighted by atomic mass is 9.95. The second-order valence-electron chi connectivity index (χ2n) is 12.0. The second kappa shape index (κ2) is 11.9. The molecule has 0 atom stereocenters. The molecule has 0 aromatic heterocycles. The van der Waals surface area contributed by atoms with Gasteiger partial charge in [0.2, 0.25) is 0 Å². The van der Waals surface area contributed by atoms with Gasteiger partial charge in [0.05, 0.1) is 0 Å². The summed E-state index contributed by atoms with van der Waals surface area (Å²) in [7, 11) is 0. The van der Waals surface area contributed by atoms with E-state index in [4.69, 9.17) is 15.9 Å². The molecule has 3 aromatic rings. The molecular formula is C35H39N3O4. The van der Waals surface area contributed by atoms with Crippen molar-refractivity contribution in [1.29, 1.82) is 0 Å². The Bertz CT molecular complexity index is 1500. The second-order valence-corrected chi connectivity index (χ2v) is 12.0. The van der Waals surface area contributed by atoms with Gasteiger partial charge in [-0.25, -0.2) is 9.59 Å². The van der Waals surface area contributed by atoms with Crippen molar-refractivity contribution in [2.24, 2.45) is 0 Å². The Hall–Kier alpha value is -4.28. The number of carbonyl (C=O) groups is 2. The topological polar surface area (TPSA) is 71.1 Å². The molecule has 3 aromatic carbocycles. The number of carbonyl (C=O) groups excluding carboxylic acids is 2. The summed E-state index contributed by atoms with van der Waals surface area (Å²) in [5.41, 5.74) is 8.50. The minimum Gasteiger partial charge on any atom is -0.448 e. The standard InChI is InChI=1S/C35H39N3O4/c1-7-26-23(2)25(21-37-16-18-38(19-17-37)34(40)42-35(4,5)6)20-32(24(26)3)36-33(39)41-22-31-29-14-10-8-12-27(29)28-13-9-11-15-30(28)31/h1,8-15,20,31H,16-19,21-22H2,2-6H3,(H,36,39). The number of hydrogen-bond donors (Lipinski definition) is 1. The zero-order chi connectivity index (χ0) is 30.0. The molecule has 0 saturated carbocycles. The number of terminal acetylenes is 1. The van der Waals surface area contributed by atoms with E-state index in [0.29, 0.717) is 38.4 Å². The molecule has 0 unspecified atom stereocenters. The maximum Gasteiger partial charge on any atom is 0.411 e. The van der Waals surface area contributed by atoms with E-state index >= 15 is 0 Å². The van der Waals surface area contributed by atoms with E-state index in [9.17, 15) is 9.59 Å². The maximum atomic E-state index is 13.1. The van der Waals surface area contributed by atoms with E-state index in [-0.39, 0.29) is 18.6 Å². The molecule has 1 N–H and O–H groups in total. The zero-order valence-electron chi connectivity index (χ0n) is 25.1. The Morgan fingerprint density at radius 2 is 1.55 bits per heavy atom. The Morgan fingerprint density at radius 1 is 0.952 bits per heavy atom. The Morgan fingerprint density at radius 3 is 2.12 bits per heavy atom. The number of ether oxygens (including phenoxy) is 2. The number of piperazine rings is 1. The van der Waals surface area contributed by atoms with E-state index in [1.165, 1.54) is 22.3 Å². The quantitative estimate of drug-likeness (QED) is 0.349. The first-order chi connectivity index (χ1) is 20.1. The molecule has 1 heterocycles. The molecule has 218 valence electrons. The SMILES string of the molecule is C#Cc1c(C)c(CN2CCN(C(=O)OC(C)(C)C)CC2)cc(NC(=O)OCC2c3ccccc3-c3ccccc32)c1C. The predicted octanol–water partition coefficient (Wildman–Crippen LogP) is 6.70. The average molecular weight is 566 g/mol. The van der Waals surface area contributed by atoms with Crippen molar-refractivity contribution in [3.63, 3.8) is 0 Å². The number of benzene rings is 3. The van der Waals surface area contributed by atoms with Gasteiger partial charge in [0.15, 0.2) is 0 Å². The van der Waals surface area contributed by atoms with Crippen molar-refractivity contribution >= 4 is 17.9 Å². The normalized spacial score (nSPS) is 15.0. The van der Waals surface area contributed by atoms with Crippen LogP contribution in [0.2, 0.25) is 0 Å². The summed E-state index contributed by atoms with van der Waals surface area (Å²) >= 11 is 0. The lowest BCUT2D eigenvalue weighted by Gasteiger charge is -2.36. The molecule has 1 aliphatic heterocycles. The lowest BCUT2D eigenvalue weighted by molar-refractivity contribution is 0.0139. The molecule has 2 aliphatic rings. The number of nitrogens with one attached hydrogen (secondary N) is 1. The summed E-state index contributed by atoms with van der Waals surface area (Å²) in [5, 5.41) is 2.96. The van der Waals surface area contributed by atoms with Gasteiger partial charge in [-0.2, -0.15) is 0 Å². The Balaban J connectivity index is 1.25. The average Bonchev–Trinajstić information content (AvgIpc) is 3.28. The fourth-order valence-electron chi connectivity index (χ4n) is 5.88. The van der Waals surface area contributed by atoms with Crippen molar-refractivity contribution in [2.75, 3.05) is 38.1 Å². The van der Waals surface area contributed by atoms with Crippen LogP contribution in [0.25, 0.3) is 11.1 Å². The van der Waals surface area contributed by atoms with Gasteiger partial charge in [-0.15, -0.1) is 6.42 Å². The zero-order valence-corrected chi connectivity index (χ0v) is 25.1. The summed E-state index contributed by atoms with van der Waals surface area (Å²) in [4.78, 5) is 29.6. The minimum absolute atomic E-state index is 0.0153. The summed E-state index contributed by atoms with van der Waals surface area (Å²) < 4.78 is 11.3. The molecule has 2 amide bonds. The number of nitrogens with zero attached hydrogens (tertiary/aromatic N) is 2. The van der Waals surface area contributed by atoms with E-state index in [2.05, 4.69) is 40.4 Å². The van der Waals surface area contributed by atoms with Gasteiger partial charge >= 0.3 is 12.2 Å². The van der Waals surface area contributed by atoms with Crippen LogP contribution in [0.5, 0.6) is 0 Å². The molecule has 1 saturated heterocycles. The molecule has 7 nitrogen and oxygen atoms in total. The third-order valence-electron chi connectivity index (χ3n) is 8.10. The van der Waals surface area contributed by atoms with Crippen molar-refractivity contribution in [1.82, 2.24) is 9.80 Å². The first-order valence-corrected chi connectivity index (χ1v) is 14.5. The highest BCUT2D eigenvalue weighted by Gasteiger charge is 2.30. The van der Waals surface area contributed by atoms with Gasteiger partial charge in [-0.3, -0.25) is 10.2 Å². The lowest BCUT2D eigenvalue weighted by Crippen LogP contribution is -2.49. The number of rotatable bonds is 5. The van der Waals surface area contributed by atoms with Gasteiger partial charge in [-0.1, -0.05) is 54.5 Å². The van der Waals surface area contributed by atoms with E-state index < -0.39 is 11.7 Å². The molecular weight excluding hydrogens is 526 g/mol. The summed E-state index contributed by atoms with van der Waals surface area (Å²) in [6.07, 6.45) is 5.13. The minimum atomic E-state index is -0.518. The van der Waals surface area contributed by atoms with E-state index in [1.807, 2.05) is 65.0 Å². The first kappa shape index (κ1) is 29.2. The fraction of sp³-hybridized carbons (Fsp3) is 0.371. The Labute approximate surface area is 248 Å². The van der Waals surface area contributed by atoms with Crippen molar-refractivity contribution in [3.8, 4) is 23.5 Å². The van der Waals surface area contributed by atoms with Crippen LogP contribution in [0.15, 0.2) is 54.6 Å². The van der Waals surface area contributed by atoms with Crippen LogP contribution < -0.4 is 5.32 Å². The third-order valence-corrected chi connectivity index (χ3v) is 8.10. The molecule has 5 rings (SSSR count). The van der Waals surface area contributed by atoms with Crippen molar-refractivity contribution in [2.45, 2.75) is 52.7 Å². The molecule has 42 heavy (non-hydrogen) atoms. The van der Waals surface area contributed by atoms with Crippen molar-refractivity contribution in [3.05, 3.63) is 88.0 Å². The van der Waals surface area contributed by atoms with Crippen LogP contribution >= 0.6 is 0 Å². The van der Waals surface area contributed by atoms with Crippen molar-refractivity contribution < 1.29 is 19.1 Å².